The normalized spacial score (nSPS) is 26.0. The summed E-state index contributed by atoms with van der Waals surface area (Å²) in [6, 6.07) is 5.49. The van der Waals surface area contributed by atoms with Crippen molar-refractivity contribution in [1.82, 2.24) is 4.90 Å². The quantitative estimate of drug-likeness (QED) is 0.881. The van der Waals surface area contributed by atoms with Crippen molar-refractivity contribution in [2.75, 3.05) is 13.1 Å². The Balaban J connectivity index is 2.10. The van der Waals surface area contributed by atoms with Crippen LogP contribution in [0.15, 0.2) is 24.3 Å². The van der Waals surface area contributed by atoms with Crippen molar-refractivity contribution < 1.29 is 28.5 Å². The Labute approximate surface area is 120 Å². The molecule has 2 N–H and O–H groups in total. The molecule has 1 fully saturated rings. The molecule has 0 bridgehead atoms. The zero-order valence-electron chi connectivity index (χ0n) is 11.5. The predicted octanol–water partition coefficient (Wildman–Crippen LogP) is 1.25. The Hall–Kier alpha value is -1.73. The molecule has 0 spiro atoms. The lowest BCUT2D eigenvalue weighted by atomic mass is 9.90. The second-order valence-corrected chi connectivity index (χ2v) is 5.28. The first-order chi connectivity index (χ1) is 9.79. The van der Waals surface area contributed by atoms with Crippen LogP contribution in [0.5, 0.6) is 5.75 Å². The third-order valence-electron chi connectivity index (χ3n) is 3.59. The topological polar surface area (TPSA) is 70.0 Å². The molecule has 1 aromatic rings. The summed E-state index contributed by atoms with van der Waals surface area (Å²) in [5.41, 5.74) is -1.03. The number of aliphatic hydroxyl groups excluding tert-OH is 1. The van der Waals surface area contributed by atoms with Gasteiger partial charge in [0.25, 0.3) is 5.91 Å². The molecule has 5 nitrogen and oxygen atoms in total. The maximum atomic E-state index is 12.3. The van der Waals surface area contributed by atoms with Gasteiger partial charge >= 0.3 is 6.61 Å². The Morgan fingerprint density at radius 2 is 2.24 bits per heavy atom. The smallest absolute Gasteiger partial charge is 0.387 e. The standard InChI is InChI=1S/C14H17F2NO4/c1-14(20)5-6-17(8-11(14)18)12(19)9-3-2-4-10(7-9)21-13(15)16/h2-4,7,11,13,18,20H,5-6,8H2,1H3/t11-,14+/m1/s1. The molecule has 0 unspecified atom stereocenters. The van der Waals surface area contributed by atoms with E-state index in [2.05, 4.69) is 4.74 Å². The monoisotopic (exact) mass is 301 g/mol. The van der Waals surface area contributed by atoms with E-state index in [0.717, 1.165) is 0 Å². The van der Waals surface area contributed by atoms with Crippen LogP contribution in [0.3, 0.4) is 0 Å². The number of halogens is 2. The highest BCUT2D eigenvalue weighted by Gasteiger charge is 2.38. The fraction of sp³-hybridized carbons (Fsp3) is 0.500. The van der Waals surface area contributed by atoms with Crippen LogP contribution in [0, 0.1) is 0 Å². The molecule has 7 heteroatoms. The minimum Gasteiger partial charge on any atom is -0.435 e. The van der Waals surface area contributed by atoms with E-state index in [4.69, 9.17) is 0 Å². The van der Waals surface area contributed by atoms with Crippen molar-refractivity contribution in [1.29, 1.82) is 0 Å². The second-order valence-electron chi connectivity index (χ2n) is 5.28. The lowest BCUT2D eigenvalue weighted by Crippen LogP contribution is -2.55. The molecule has 2 atom stereocenters. The van der Waals surface area contributed by atoms with Gasteiger partial charge in [0, 0.05) is 18.7 Å². The molecular weight excluding hydrogens is 284 g/mol. The van der Waals surface area contributed by atoms with E-state index >= 15 is 0 Å². The van der Waals surface area contributed by atoms with Gasteiger partial charge in [0.15, 0.2) is 0 Å². The summed E-state index contributed by atoms with van der Waals surface area (Å²) >= 11 is 0. The molecular formula is C14H17F2NO4. The molecule has 116 valence electrons. The van der Waals surface area contributed by atoms with Crippen molar-refractivity contribution in [3.05, 3.63) is 29.8 Å². The zero-order valence-corrected chi connectivity index (χ0v) is 11.5. The van der Waals surface area contributed by atoms with Crippen molar-refractivity contribution >= 4 is 5.91 Å². The molecule has 0 saturated carbocycles. The Morgan fingerprint density at radius 3 is 2.86 bits per heavy atom. The number of amides is 1. The number of rotatable bonds is 3. The largest absolute Gasteiger partial charge is 0.435 e. The summed E-state index contributed by atoms with van der Waals surface area (Å²) in [5, 5.41) is 19.7. The van der Waals surface area contributed by atoms with E-state index in [9.17, 15) is 23.8 Å². The van der Waals surface area contributed by atoms with Gasteiger partial charge in [0.05, 0.1) is 11.7 Å². The molecule has 1 aliphatic heterocycles. The maximum Gasteiger partial charge on any atom is 0.387 e. The molecule has 1 aliphatic rings. The number of hydrogen-bond acceptors (Lipinski definition) is 4. The number of benzene rings is 1. The summed E-state index contributed by atoms with van der Waals surface area (Å²) in [6.07, 6.45) is -0.802. The fourth-order valence-electron chi connectivity index (χ4n) is 2.20. The van der Waals surface area contributed by atoms with Crippen molar-refractivity contribution in [3.63, 3.8) is 0 Å². The van der Waals surface area contributed by atoms with Crippen LogP contribution < -0.4 is 4.74 Å². The molecule has 0 aliphatic carbocycles. The lowest BCUT2D eigenvalue weighted by Gasteiger charge is -2.39. The van der Waals surface area contributed by atoms with Gasteiger partial charge in [0.2, 0.25) is 0 Å². The van der Waals surface area contributed by atoms with Gasteiger partial charge in [-0.25, -0.2) is 0 Å². The van der Waals surface area contributed by atoms with Crippen LogP contribution >= 0.6 is 0 Å². The van der Waals surface area contributed by atoms with E-state index in [0.29, 0.717) is 0 Å². The van der Waals surface area contributed by atoms with Crippen LogP contribution in [-0.4, -0.2) is 52.4 Å². The molecule has 1 heterocycles. The van der Waals surface area contributed by atoms with Crippen LogP contribution in [0.4, 0.5) is 8.78 Å². The van der Waals surface area contributed by atoms with Gasteiger partial charge in [-0.1, -0.05) is 6.07 Å². The first-order valence-corrected chi connectivity index (χ1v) is 6.54. The SMILES string of the molecule is C[C@]1(O)CCN(C(=O)c2cccc(OC(F)F)c2)C[C@H]1O. The molecule has 2 rings (SSSR count). The molecule has 0 radical (unpaired) electrons. The van der Waals surface area contributed by atoms with Crippen LogP contribution in [0.1, 0.15) is 23.7 Å². The fourth-order valence-corrected chi connectivity index (χ4v) is 2.20. The average Bonchev–Trinajstić information content (AvgIpc) is 2.41. The number of hydrogen-bond donors (Lipinski definition) is 2. The number of carbonyl (C=O) groups is 1. The van der Waals surface area contributed by atoms with Crippen LogP contribution in [0.25, 0.3) is 0 Å². The number of nitrogens with zero attached hydrogens (tertiary/aromatic N) is 1. The number of aliphatic hydroxyl groups is 2. The lowest BCUT2D eigenvalue weighted by molar-refractivity contribution is -0.0999. The van der Waals surface area contributed by atoms with E-state index in [1.165, 1.54) is 36.1 Å². The Morgan fingerprint density at radius 1 is 1.52 bits per heavy atom. The summed E-state index contributed by atoms with van der Waals surface area (Å²) in [6.45, 7) is -1.17. The van der Waals surface area contributed by atoms with E-state index in [-0.39, 0.29) is 30.8 Å². The Kier molecular flexibility index (Phi) is 4.43. The first kappa shape index (κ1) is 15.7. The minimum absolute atomic E-state index is 0.00817. The van der Waals surface area contributed by atoms with Gasteiger partial charge in [-0.05, 0) is 31.5 Å². The van der Waals surface area contributed by atoms with Crippen LogP contribution in [-0.2, 0) is 0 Å². The van der Waals surface area contributed by atoms with Gasteiger partial charge < -0.3 is 19.8 Å². The van der Waals surface area contributed by atoms with Gasteiger partial charge in [0.1, 0.15) is 5.75 Å². The van der Waals surface area contributed by atoms with E-state index in [1.807, 2.05) is 0 Å². The third-order valence-corrected chi connectivity index (χ3v) is 3.59. The van der Waals surface area contributed by atoms with E-state index < -0.39 is 24.2 Å². The highest BCUT2D eigenvalue weighted by atomic mass is 19.3. The Bertz CT molecular complexity index is 521. The van der Waals surface area contributed by atoms with Gasteiger partial charge in [-0.15, -0.1) is 0 Å². The maximum absolute atomic E-state index is 12.3. The van der Waals surface area contributed by atoms with Crippen molar-refractivity contribution in [2.24, 2.45) is 0 Å². The van der Waals surface area contributed by atoms with Crippen molar-refractivity contribution in [2.45, 2.75) is 31.7 Å². The van der Waals surface area contributed by atoms with Gasteiger partial charge in [-0.3, -0.25) is 4.79 Å². The number of piperidine rings is 1. The first-order valence-electron chi connectivity index (χ1n) is 6.54. The van der Waals surface area contributed by atoms with Gasteiger partial charge in [-0.2, -0.15) is 8.78 Å². The van der Waals surface area contributed by atoms with E-state index in [1.54, 1.807) is 0 Å². The highest BCUT2D eigenvalue weighted by molar-refractivity contribution is 5.94. The summed E-state index contributed by atoms with van der Waals surface area (Å²) in [5.74, 6) is -0.496. The number of ether oxygens (including phenoxy) is 1. The highest BCUT2D eigenvalue weighted by Crippen LogP contribution is 2.24. The molecule has 1 aromatic carbocycles. The summed E-state index contributed by atoms with van der Waals surface area (Å²) < 4.78 is 28.6. The second kappa shape index (κ2) is 5.95. The number of β-amino-alcohol motifs (C(OH)–C–C–N with tert-alkyl or cyclic N) is 1. The molecule has 0 aromatic heterocycles. The average molecular weight is 301 g/mol. The third kappa shape index (κ3) is 3.68. The molecule has 21 heavy (non-hydrogen) atoms. The number of carbonyl (C=O) groups excluding carboxylic acids is 1. The zero-order chi connectivity index (χ0) is 15.6. The number of likely N-dealkylation sites (tertiary alicyclic amines) is 1. The summed E-state index contributed by atoms with van der Waals surface area (Å²) in [7, 11) is 0. The summed E-state index contributed by atoms with van der Waals surface area (Å²) in [4.78, 5) is 13.7. The molecule has 1 saturated heterocycles. The van der Waals surface area contributed by atoms with Crippen LogP contribution in [0.2, 0.25) is 0 Å². The minimum atomic E-state index is -2.96. The van der Waals surface area contributed by atoms with Crippen molar-refractivity contribution in [3.8, 4) is 5.75 Å². The predicted molar refractivity (Wildman–Crippen MR) is 70.2 cm³/mol. The molecule has 1 amide bonds. The number of alkyl halides is 2.